The van der Waals surface area contributed by atoms with Gasteiger partial charge in [-0.15, -0.1) is 11.6 Å². The van der Waals surface area contributed by atoms with Crippen molar-refractivity contribution in [3.8, 4) is 0 Å². The summed E-state index contributed by atoms with van der Waals surface area (Å²) in [7, 11) is 0. The molecule has 6 rings (SSSR count). The first-order chi connectivity index (χ1) is 12.1. The average molecular weight is 361 g/mol. The van der Waals surface area contributed by atoms with Crippen LogP contribution in [-0.4, -0.2) is 51.8 Å². The van der Waals surface area contributed by atoms with Crippen LogP contribution in [0.25, 0.3) is 0 Å². The van der Waals surface area contributed by atoms with E-state index in [4.69, 9.17) is 11.6 Å². The lowest BCUT2D eigenvalue weighted by Gasteiger charge is -2.60. The second-order valence-electron chi connectivity index (χ2n) is 8.72. The number of aromatic nitrogens is 2. The van der Waals surface area contributed by atoms with E-state index in [1.165, 1.54) is 6.42 Å². The van der Waals surface area contributed by atoms with Crippen LogP contribution in [0, 0.1) is 17.3 Å². The molecule has 134 valence electrons. The Morgan fingerprint density at radius 1 is 1.04 bits per heavy atom. The number of hydrogen-bond donors (Lipinski definition) is 0. The van der Waals surface area contributed by atoms with Crippen LogP contribution in [0.4, 0.5) is 5.95 Å². The highest BCUT2D eigenvalue weighted by Gasteiger charge is 2.60. The number of halogens is 1. The molecule has 0 N–H and O–H groups in total. The van der Waals surface area contributed by atoms with Crippen LogP contribution in [-0.2, 0) is 4.79 Å². The fourth-order valence-electron chi connectivity index (χ4n) is 6.30. The zero-order valence-corrected chi connectivity index (χ0v) is 15.3. The van der Waals surface area contributed by atoms with Crippen molar-refractivity contribution in [1.82, 2.24) is 14.9 Å². The molecular formula is C19H25ClN4O. The average Bonchev–Trinajstić information content (AvgIpc) is 2.60. The minimum absolute atomic E-state index is 0.0978. The third-order valence-corrected chi connectivity index (χ3v) is 7.29. The molecule has 1 aromatic rings. The van der Waals surface area contributed by atoms with Gasteiger partial charge in [0.1, 0.15) is 0 Å². The van der Waals surface area contributed by atoms with E-state index in [1.54, 1.807) is 12.4 Å². The van der Waals surface area contributed by atoms with E-state index in [1.807, 2.05) is 6.07 Å². The van der Waals surface area contributed by atoms with E-state index in [-0.39, 0.29) is 10.3 Å². The molecule has 2 heterocycles. The van der Waals surface area contributed by atoms with Crippen molar-refractivity contribution in [2.45, 2.75) is 43.4 Å². The molecule has 5 fully saturated rings. The highest BCUT2D eigenvalue weighted by atomic mass is 35.5. The van der Waals surface area contributed by atoms with E-state index in [2.05, 4.69) is 19.8 Å². The summed E-state index contributed by atoms with van der Waals surface area (Å²) in [4.78, 5) is 26.3. The first-order valence-electron chi connectivity index (χ1n) is 9.56. The van der Waals surface area contributed by atoms with E-state index in [9.17, 15) is 4.79 Å². The fourth-order valence-corrected chi connectivity index (χ4v) is 6.99. The van der Waals surface area contributed by atoms with Crippen molar-refractivity contribution in [3.05, 3.63) is 18.5 Å². The minimum Gasteiger partial charge on any atom is -0.339 e. The monoisotopic (exact) mass is 360 g/mol. The molecule has 1 aliphatic heterocycles. The number of nitrogens with zero attached hydrogens (tertiary/aromatic N) is 4. The topological polar surface area (TPSA) is 49.3 Å². The summed E-state index contributed by atoms with van der Waals surface area (Å²) in [6, 6.07) is 1.83. The maximum atomic E-state index is 13.5. The molecule has 1 aromatic heterocycles. The lowest BCUT2D eigenvalue weighted by atomic mass is 9.49. The van der Waals surface area contributed by atoms with E-state index >= 15 is 0 Å². The normalized spacial score (nSPS) is 39.7. The molecule has 2 unspecified atom stereocenters. The number of rotatable bonds is 2. The Balaban J connectivity index is 1.30. The molecule has 0 aromatic carbocycles. The number of amides is 1. The second kappa shape index (κ2) is 5.57. The van der Waals surface area contributed by atoms with Crippen molar-refractivity contribution in [1.29, 1.82) is 0 Å². The standard InChI is InChI=1S/C19H25ClN4O/c20-19-11-14-8-15(12-19)10-18(9-14,13-19)16(25)23-4-6-24(7-5-23)17-21-2-1-3-22-17/h1-3,14-15H,4-13H2/t14-,15+,18?,19?. The summed E-state index contributed by atoms with van der Waals surface area (Å²) in [5.74, 6) is 2.48. The highest BCUT2D eigenvalue weighted by Crippen LogP contribution is 2.64. The molecule has 5 nitrogen and oxygen atoms in total. The van der Waals surface area contributed by atoms with Gasteiger partial charge >= 0.3 is 0 Å². The molecular weight excluding hydrogens is 336 g/mol. The van der Waals surface area contributed by atoms with E-state index in [0.717, 1.165) is 64.2 Å². The Labute approximate surface area is 153 Å². The van der Waals surface area contributed by atoms with Crippen LogP contribution in [0.2, 0.25) is 0 Å². The number of hydrogen-bond acceptors (Lipinski definition) is 4. The fraction of sp³-hybridized carbons (Fsp3) is 0.737. The van der Waals surface area contributed by atoms with Gasteiger partial charge in [-0.2, -0.15) is 0 Å². The van der Waals surface area contributed by atoms with Gasteiger partial charge in [0.25, 0.3) is 0 Å². The predicted octanol–water partition coefficient (Wildman–Crippen LogP) is 2.70. The van der Waals surface area contributed by atoms with Gasteiger partial charge in [-0.05, 0) is 56.4 Å². The molecule has 1 saturated heterocycles. The maximum absolute atomic E-state index is 13.5. The van der Waals surface area contributed by atoms with Crippen LogP contribution >= 0.6 is 11.6 Å². The van der Waals surface area contributed by atoms with Gasteiger partial charge in [-0.3, -0.25) is 4.79 Å². The van der Waals surface area contributed by atoms with Crippen LogP contribution in [0.3, 0.4) is 0 Å². The molecule has 0 spiro atoms. The molecule has 4 saturated carbocycles. The van der Waals surface area contributed by atoms with Gasteiger partial charge in [-0.1, -0.05) is 0 Å². The summed E-state index contributed by atoms with van der Waals surface area (Å²) < 4.78 is 0. The lowest BCUT2D eigenvalue weighted by Crippen LogP contribution is -2.61. The van der Waals surface area contributed by atoms with Crippen molar-refractivity contribution in [2.75, 3.05) is 31.1 Å². The quantitative estimate of drug-likeness (QED) is 0.761. The van der Waals surface area contributed by atoms with Crippen molar-refractivity contribution < 1.29 is 4.79 Å². The number of alkyl halides is 1. The van der Waals surface area contributed by atoms with Crippen molar-refractivity contribution >= 4 is 23.5 Å². The zero-order valence-electron chi connectivity index (χ0n) is 14.5. The molecule has 4 bridgehead atoms. The largest absolute Gasteiger partial charge is 0.339 e. The van der Waals surface area contributed by atoms with Gasteiger partial charge in [0.15, 0.2) is 0 Å². The van der Waals surface area contributed by atoms with E-state index in [0.29, 0.717) is 17.7 Å². The van der Waals surface area contributed by atoms with E-state index < -0.39 is 0 Å². The number of anilines is 1. The highest BCUT2D eigenvalue weighted by molar-refractivity contribution is 6.24. The third-order valence-electron chi connectivity index (χ3n) is 6.85. The molecule has 25 heavy (non-hydrogen) atoms. The Morgan fingerprint density at radius 3 is 2.28 bits per heavy atom. The third kappa shape index (κ3) is 2.62. The molecule has 1 amide bonds. The minimum atomic E-state index is -0.169. The number of carbonyl (C=O) groups excluding carboxylic acids is 1. The molecule has 5 aliphatic rings. The van der Waals surface area contributed by atoms with Gasteiger partial charge in [0.05, 0.1) is 5.41 Å². The van der Waals surface area contributed by atoms with Crippen LogP contribution in [0.1, 0.15) is 38.5 Å². The Bertz CT molecular complexity index is 659. The second-order valence-corrected chi connectivity index (χ2v) is 9.52. The molecule has 4 atom stereocenters. The first kappa shape index (κ1) is 15.9. The SMILES string of the molecule is O=C(N1CCN(c2ncccn2)CC1)C12C[C@@H]3C[C@@H](CC(Cl)(C3)C1)C2. The van der Waals surface area contributed by atoms with Gasteiger partial charge in [0, 0.05) is 43.4 Å². The summed E-state index contributed by atoms with van der Waals surface area (Å²) in [5, 5.41) is 0. The summed E-state index contributed by atoms with van der Waals surface area (Å²) in [5.41, 5.74) is -0.169. The van der Waals surface area contributed by atoms with Crippen molar-refractivity contribution in [3.63, 3.8) is 0 Å². The zero-order chi connectivity index (χ0) is 17.1. The Kier molecular flexibility index (Phi) is 3.53. The first-order valence-corrected chi connectivity index (χ1v) is 9.93. The van der Waals surface area contributed by atoms with Gasteiger partial charge < -0.3 is 9.80 Å². The summed E-state index contributed by atoms with van der Waals surface area (Å²) in [6.45, 7) is 3.16. The Morgan fingerprint density at radius 2 is 1.68 bits per heavy atom. The van der Waals surface area contributed by atoms with Crippen LogP contribution in [0.5, 0.6) is 0 Å². The van der Waals surface area contributed by atoms with Crippen LogP contribution < -0.4 is 4.90 Å². The number of piperazine rings is 1. The summed E-state index contributed by atoms with van der Waals surface area (Å²) >= 11 is 6.91. The van der Waals surface area contributed by atoms with Gasteiger partial charge in [0.2, 0.25) is 11.9 Å². The van der Waals surface area contributed by atoms with Gasteiger partial charge in [-0.25, -0.2) is 9.97 Å². The maximum Gasteiger partial charge on any atom is 0.228 e. The molecule has 0 radical (unpaired) electrons. The lowest BCUT2D eigenvalue weighted by molar-refractivity contribution is -0.156. The van der Waals surface area contributed by atoms with Crippen molar-refractivity contribution in [2.24, 2.45) is 17.3 Å². The number of carbonyl (C=O) groups is 1. The Hall–Kier alpha value is -1.36. The van der Waals surface area contributed by atoms with Crippen LogP contribution in [0.15, 0.2) is 18.5 Å². The predicted molar refractivity (Wildman–Crippen MR) is 96.5 cm³/mol. The summed E-state index contributed by atoms with van der Waals surface area (Å²) in [6.07, 6.45) is 10.1. The smallest absolute Gasteiger partial charge is 0.228 e. The molecule has 4 aliphatic carbocycles. The molecule has 6 heteroatoms.